The summed E-state index contributed by atoms with van der Waals surface area (Å²) in [4.78, 5) is 16.3. The fourth-order valence-electron chi connectivity index (χ4n) is 1.84. The topological polar surface area (TPSA) is 74.2 Å². The van der Waals surface area contributed by atoms with Crippen molar-refractivity contribution < 1.29 is 9.90 Å². The number of rotatable bonds is 5. The second-order valence-electron chi connectivity index (χ2n) is 4.84. The largest absolute Gasteiger partial charge is 0.395 e. The number of hydrogen-bond acceptors (Lipinski definition) is 4. The lowest BCUT2D eigenvalue weighted by Crippen LogP contribution is -2.13. The van der Waals surface area contributed by atoms with Gasteiger partial charge in [-0.25, -0.2) is 4.98 Å². The van der Waals surface area contributed by atoms with Gasteiger partial charge in [0, 0.05) is 12.1 Å². The number of hydrogen-bond donors (Lipinski definition) is 3. The molecule has 0 fully saturated rings. The van der Waals surface area contributed by atoms with Crippen LogP contribution in [0, 0.1) is 13.8 Å². The Bertz CT molecular complexity index is 624. The molecule has 0 spiro atoms. The fourth-order valence-corrected chi connectivity index (χ4v) is 1.84. The molecule has 0 radical (unpaired) electrons. The standard InChI is InChI=1S/C16H19N3O2/c1-11-3-4-13(9-12(11)2)16(21)19-14-5-6-15(18-10-14)17-7-8-20/h3-6,9-10,20H,7-8H2,1-2H3,(H,17,18)(H,19,21). The summed E-state index contributed by atoms with van der Waals surface area (Å²) >= 11 is 0. The van der Waals surface area contributed by atoms with Gasteiger partial charge >= 0.3 is 0 Å². The third kappa shape index (κ3) is 4.03. The van der Waals surface area contributed by atoms with E-state index in [0.717, 1.165) is 11.1 Å². The zero-order valence-electron chi connectivity index (χ0n) is 12.2. The molecule has 1 aromatic carbocycles. The quantitative estimate of drug-likeness (QED) is 0.788. The molecule has 0 aliphatic rings. The predicted octanol–water partition coefficient (Wildman–Crippen LogP) is 2.35. The molecule has 0 atom stereocenters. The molecule has 0 bridgehead atoms. The molecule has 3 N–H and O–H groups in total. The molecule has 21 heavy (non-hydrogen) atoms. The summed E-state index contributed by atoms with van der Waals surface area (Å²) in [5, 5.41) is 14.5. The van der Waals surface area contributed by atoms with E-state index in [-0.39, 0.29) is 12.5 Å². The molecule has 5 heteroatoms. The van der Waals surface area contributed by atoms with Gasteiger partial charge < -0.3 is 15.7 Å². The van der Waals surface area contributed by atoms with Gasteiger partial charge in [-0.05, 0) is 49.2 Å². The van der Waals surface area contributed by atoms with Crippen molar-refractivity contribution >= 4 is 17.4 Å². The maximum Gasteiger partial charge on any atom is 0.255 e. The Morgan fingerprint density at radius 2 is 2.00 bits per heavy atom. The smallest absolute Gasteiger partial charge is 0.255 e. The first kappa shape index (κ1) is 15.0. The Morgan fingerprint density at radius 3 is 2.62 bits per heavy atom. The van der Waals surface area contributed by atoms with E-state index in [1.54, 1.807) is 18.3 Å². The average molecular weight is 285 g/mol. The second-order valence-corrected chi connectivity index (χ2v) is 4.84. The van der Waals surface area contributed by atoms with Crippen LogP contribution in [0.1, 0.15) is 21.5 Å². The highest BCUT2D eigenvalue weighted by molar-refractivity contribution is 6.04. The van der Waals surface area contributed by atoms with Gasteiger partial charge in [0.25, 0.3) is 5.91 Å². The molecule has 2 aromatic rings. The number of benzene rings is 1. The van der Waals surface area contributed by atoms with Crippen molar-refractivity contribution in [3.05, 3.63) is 53.2 Å². The van der Waals surface area contributed by atoms with Crippen LogP contribution in [-0.4, -0.2) is 29.1 Å². The van der Waals surface area contributed by atoms with E-state index in [4.69, 9.17) is 5.11 Å². The van der Waals surface area contributed by atoms with Gasteiger partial charge in [-0.2, -0.15) is 0 Å². The number of anilines is 2. The number of amides is 1. The minimum absolute atomic E-state index is 0.0486. The highest BCUT2D eigenvalue weighted by Crippen LogP contribution is 2.14. The van der Waals surface area contributed by atoms with Gasteiger partial charge in [0.1, 0.15) is 5.82 Å². The summed E-state index contributed by atoms with van der Waals surface area (Å²) in [6, 6.07) is 9.14. The van der Waals surface area contributed by atoms with Crippen LogP contribution < -0.4 is 10.6 Å². The Hall–Kier alpha value is -2.40. The van der Waals surface area contributed by atoms with Crippen molar-refractivity contribution in [2.75, 3.05) is 23.8 Å². The zero-order valence-corrected chi connectivity index (χ0v) is 12.2. The summed E-state index contributed by atoms with van der Waals surface area (Å²) in [5.74, 6) is 0.504. The minimum atomic E-state index is -0.157. The summed E-state index contributed by atoms with van der Waals surface area (Å²) in [7, 11) is 0. The van der Waals surface area contributed by atoms with E-state index in [2.05, 4.69) is 15.6 Å². The van der Waals surface area contributed by atoms with Crippen LogP contribution in [0.25, 0.3) is 0 Å². The first-order valence-corrected chi connectivity index (χ1v) is 6.79. The van der Waals surface area contributed by atoms with E-state index in [1.807, 2.05) is 32.0 Å². The lowest BCUT2D eigenvalue weighted by atomic mass is 10.1. The van der Waals surface area contributed by atoms with Crippen LogP contribution >= 0.6 is 0 Å². The molecular weight excluding hydrogens is 266 g/mol. The fraction of sp³-hybridized carbons (Fsp3) is 0.250. The molecule has 5 nitrogen and oxygen atoms in total. The summed E-state index contributed by atoms with van der Waals surface area (Å²) in [5.41, 5.74) is 3.50. The Labute approximate surface area is 124 Å². The maximum atomic E-state index is 12.1. The molecule has 110 valence electrons. The highest BCUT2D eigenvalue weighted by Gasteiger charge is 2.07. The normalized spacial score (nSPS) is 10.2. The van der Waals surface area contributed by atoms with Gasteiger partial charge in [0.05, 0.1) is 18.5 Å². The van der Waals surface area contributed by atoms with Gasteiger partial charge in [-0.15, -0.1) is 0 Å². The summed E-state index contributed by atoms with van der Waals surface area (Å²) in [6.45, 7) is 4.49. The van der Waals surface area contributed by atoms with Gasteiger partial charge in [0.15, 0.2) is 0 Å². The van der Waals surface area contributed by atoms with Crippen molar-refractivity contribution in [3.8, 4) is 0 Å². The van der Waals surface area contributed by atoms with E-state index in [1.165, 1.54) is 0 Å². The zero-order chi connectivity index (χ0) is 15.2. The summed E-state index contributed by atoms with van der Waals surface area (Å²) < 4.78 is 0. The number of nitrogens with zero attached hydrogens (tertiary/aromatic N) is 1. The second kappa shape index (κ2) is 6.85. The molecule has 0 aliphatic heterocycles. The van der Waals surface area contributed by atoms with E-state index in [0.29, 0.717) is 23.6 Å². The monoisotopic (exact) mass is 285 g/mol. The number of aliphatic hydroxyl groups is 1. The highest BCUT2D eigenvalue weighted by atomic mass is 16.3. The molecule has 0 saturated heterocycles. The maximum absolute atomic E-state index is 12.1. The average Bonchev–Trinajstić information content (AvgIpc) is 2.49. The van der Waals surface area contributed by atoms with Crippen LogP contribution in [0.15, 0.2) is 36.5 Å². The van der Waals surface area contributed by atoms with E-state index in [9.17, 15) is 4.79 Å². The number of pyridine rings is 1. The van der Waals surface area contributed by atoms with Crippen LogP contribution in [0.2, 0.25) is 0 Å². The van der Waals surface area contributed by atoms with Crippen molar-refractivity contribution in [2.24, 2.45) is 0 Å². The third-order valence-corrected chi connectivity index (χ3v) is 3.21. The number of aromatic nitrogens is 1. The number of aliphatic hydroxyl groups excluding tert-OH is 1. The Morgan fingerprint density at radius 1 is 1.19 bits per heavy atom. The summed E-state index contributed by atoms with van der Waals surface area (Å²) in [6.07, 6.45) is 1.58. The molecule has 1 heterocycles. The van der Waals surface area contributed by atoms with Gasteiger partial charge in [-0.1, -0.05) is 6.07 Å². The molecule has 1 aromatic heterocycles. The van der Waals surface area contributed by atoms with Crippen LogP contribution in [0.5, 0.6) is 0 Å². The molecule has 0 aliphatic carbocycles. The Balaban J connectivity index is 2.03. The van der Waals surface area contributed by atoms with Crippen molar-refractivity contribution in [1.29, 1.82) is 0 Å². The predicted molar refractivity (Wildman–Crippen MR) is 83.7 cm³/mol. The van der Waals surface area contributed by atoms with Crippen LogP contribution in [0.4, 0.5) is 11.5 Å². The first-order valence-electron chi connectivity index (χ1n) is 6.79. The number of carbonyl (C=O) groups excluding carboxylic acids is 1. The van der Waals surface area contributed by atoms with Gasteiger partial charge in [0.2, 0.25) is 0 Å². The van der Waals surface area contributed by atoms with Crippen molar-refractivity contribution in [2.45, 2.75) is 13.8 Å². The van der Waals surface area contributed by atoms with Gasteiger partial charge in [-0.3, -0.25) is 4.79 Å². The third-order valence-electron chi connectivity index (χ3n) is 3.21. The van der Waals surface area contributed by atoms with Crippen LogP contribution in [-0.2, 0) is 0 Å². The Kier molecular flexibility index (Phi) is 4.90. The molecule has 0 saturated carbocycles. The number of carbonyl (C=O) groups is 1. The van der Waals surface area contributed by atoms with E-state index < -0.39 is 0 Å². The lowest BCUT2D eigenvalue weighted by molar-refractivity contribution is 0.102. The van der Waals surface area contributed by atoms with Crippen LogP contribution in [0.3, 0.4) is 0 Å². The molecule has 2 rings (SSSR count). The minimum Gasteiger partial charge on any atom is -0.395 e. The van der Waals surface area contributed by atoms with Crippen molar-refractivity contribution in [1.82, 2.24) is 4.98 Å². The molecular formula is C16H19N3O2. The SMILES string of the molecule is Cc1ccc(C(=O)Nc2ccc(NCCO)nc2)cc1C. The first-order chi connectivity index (χ1) is 10.1. The molecule has 0 unspecified atom stereocenters. The number of nitrogens with one attached hydrogen (secondary N) is 2. The van der Waals surface area contributed by atoms with E-state index >= 15 is 0 Å². The number of aryl methyl sites for hydroxylation is 2. The lowest BCUT2D eigenvalue weighted by Gasteiger charge is -2.08. The molecule has 1 amide bonds. The van der Waals surface area contributed by atoms with Crippen molar-refractivity contribution in [3.63, 3.8) is 0 Å².